The van der Waals surface area contributed by atoms with E-state index >= 15 is 0 Å². The third-order valence-corrected chi connectivity index (χ3v) is 3.81. The summed E-state index contributed by atoms with van der Waals surface area (Å²) < 4.78 is 5.94. The molecule has 1 N–H and O–H groups in total. The number of nitrogens with zero attached hydrogens (tertiary/aromatic N) is 1. The van der Waals surface area contributed by atoms with Gasteiger partial charge in [-0.25, -0.2) is 0 Å². The second-order valence-corrected chi connectivity index (χ2v) is 5.58. The van der Waals surface area contributed by atoms with Crippen molar-refractivity contribution in [3.63, 3.8) is 0 Å². The predicted molar refractivity (Wildman–Crippen MR) is 94.5 cm³/mol. The van der Waals surface area contributed by atoms with E-state index in [0.29, 0.717) is 0 Å². The van der Waals surface area contributed by atoms with Gasteiger partial charge >= 0.3 is 0 Å². The maximum atomic E-state index is 5.94. The van der Waals surface area contributed by atoms with Crippen molar-refractivity contribution in [1.82, 2.24) is 10.3 Å². The second kappa shape index (κ2) is 7.75. The number of benzene rings is 2. The highest BCUT2D eigenvalue weighted by atomic mass is 16.5. The molecule has 3 heteroatoms. The number of aromatic nitrogens is 1. The molecule has 0 fully saturated rings. The molecule has 0 saturated heterocycles. The van der Waals surface area contributed by atoms with E-state index in [1.165, 1.54) is 21.9 Å². The zero-order valence-electron chi connectivity index (χ0n) is 13.5. The molecular formula is C20H22N2O. The monoisotopic (exact) mass is 306 g/mol. The molecule has 1 heterocycles. The fourth-order valence-corrected chi connectivity index (χ4v) is 2.68. The van der Waals surface area contributed by atoms with E-state index in [1.807, 2.05) is 12.3 Å². The van der Waals surface area contributed by atoms with Crippen LogP contribution in [0.25, 0.3) is 10.8 Å². The number of rotatable bonds is 7. The zero-order chi connectivity index (χ0) is 15.9. The fraction of sp³-hybridized carbons (Fsp3) is 0.250. The molecule has 2 aromatic carbocycles. The fourth-order valence-electron chi connectivity index (χ4n) is 2.68. The second-order valence-electron chi connectivity index (χ2n) is 5.58. The number of hydrogen-bond acceptors (Lipinski definition) is 3. The van der Waals surface area contributed by atoms with E-state index in [0.717, 1.165) is 31.9 Å². The van der Waals surface area contributed by atoms with Crippen LogP contribution < -0.4 is 10.1 Å². The predicted octanol–water partition coefficient (Wildman–Crippen LogP) is 4.31. The van der Waals surface area contributed by atoms with Crippen molar-refractivity contribution in [2.24, 2.45) is 0 Å². The maximum Gasteiger partial charge on any atom is 0.124 e. The molecule has 0 radical (unpaired) electrons. The lowest BCUT2D eigenvalue weighted by Gasteiger charge is -2.15. The number of ether oxygens (including phenoxy) is 1. The highest BCUT2D eigenvalue weighted by molar-refractivity contribution is 5.87. The summed E-state index contributed by atoms with van der Waals surface area (Å²) in [4.78, 5) is 4.15. The van der Waals surface area contributed by atoms with Gasteiger partial charge < -0.3 is 10.1 Å². The van der Waals surface area contributed by atoms with Gasteiger partial charge in [0, 0.05) is 31.0 Å². The van der Waals surface area contributed by atoms with Gasteiger partial charge in [-0.2, -0.15) is 0 Å². The van der Waals surface area contributed by atoms with E-state index in [-0.39, 0.29) is 0 Å². The average molecular weight is 306 g/mol. The Hall–Kier alpha value is -2.39. The lowest BCUT2D eigenvalue weighted by atomic mass is 10.0. The molecule has 0 unspecified atom stereocenters. The maximum absolute atomic E-state index is 5.94. The van der Waals surface area contributed by atoms with Crippen molar-refractivity contribution in [2.75, 3.05) is 6.61 Å². The van der Waals surface area contributed by atoms with Crippen LogP contribution in [0.4, 0.5) is 0 Å². The standard InChI is InChI=1S/C20H22N2O/c1-2-12-23-20-10-9-17-7-3-4-8-18(17)19(20)15-22-14-16-6-5-11-21-13-16/h3-11,13,22H,2,12,14-15H2,1H3. The Kier molecular flexibility index (Phi) is 5.22. The smallest absolute Gasteiger partial charge is 0.124 e. The SMILES string of the molecule is CCCOc1ccc2ccccc2c1CNCc1cccnc1. The van der Waals surface area contributed by atoms with Gasteiger partial charge in [0.15, 0.2) is 0 Å². The number of hydrogen-bond donors (Lipinski definition) is 1. The molecule has 3 aromatic rings. The van der Waals surface area contributed by atoms with Gasteiger partial charge in [0.05, 0.1) is 6.61 Å². The van der Waals surface area contributed by atoms with Crippen LogP contribution in [0.1, 0.15) is 24.5 Å². The molecular weight excluding hydrogens is 284 g/mol. The molecule has 0 aliphatic rings. The normalized spacial score (nSPS) is 10.8. The molecule has 3 rings (SSSR count). The van der Waals surface area contributed by atoms with Gasteiger partial charge in [0.2, 0.25) is 0 Å². The Morgan fingerprint density at radius 2 is 1.91 bits per heavy atom. The summed E-state index contributed by atoms with van der Waals surface area (Å²) in [7, 11) is 0. The first-order valence-electron chi connectivity index (χ1n) is 8.11. The van der Waals surface area contributed by atoms with E-state index in [9.17, 15) is 0 Å². The number of pyridine rings is 1. The minimum Gasteiger partial charge on any atom is -0.493 e. The molecule has 0 amide bonds. The molecule has 1 aromatic heterocycles. The van der Waals surface area contributed by atoms with Crippen LogP contribution in [0.15, 0.2) is 60.9 Å². The minimum atomic E-state index is 0.744. The van der Waals surface area contributed by atoms with Crippen molar-refractivity contribution < 1.29 is 4.74 Å². The Labute approximate surface area is 137 Å². The van der Waals surface area contributed by atoms with Gasteiger partial charge in [-0.15, -0.1) is 0 Å². The summed E-state index contributed by atoms with van der Waals surface area (Å²) in [6.07, 6.45) is 4.70. The van der Waals surface area contributed by atoms with Crippen LogP contribution in [0.3, 0.4) is 0 Å². The van der Waals surface area contributed by atoms with Gasteiger partial charge in [-0.3, -0.25) is 4.98 Å². The Morgan fingerprint density at radius 1 is 1.00 bits per heavy atom. The molecule has 0 bridgehead atoms. The van der Waals surface area contributed by atoms with Crippen LogP contribution in [-0.4, -0.2) is 11.6 Å². The Morgan fingerprint density at radius 3 is 2.74 bits per heavy atom. The summed E-state index contributed by atoms with van der Waals surface area (Å²) in [5.41, 5.74) is 2.41. The highest BCUT2D eigenvalue weighted by Crippen LogP contribution is 2.28. The van der Waals surface area contributed by atoms with Crippen LogP contribution in [0.5, 0.6) is 5.75 Å². The van der Waals surface area contributed by atoms with E-state index in [1.54, 1.807) is 6.20 Å². The molecule has 0 atom stereocenters. The zero-order valence-corrected chi connectivity index (χ0v) is 13.5. The molecule has 0 saturated carbocycles. The van der Waals surface area contributed by atoms with E-state index in [2.05, 4.69) is 59.7 Å². The summed E-state index contributed by atoms with van der Waals surface area (Å²) in [5.74, 6) is 0.976. The summed E-state index contributed by atoms with van der Waals surface area (Å²) in [5, 5.41) is 6.00. The van der Waals surface area contributed by atoms with Crippen molar-refractivity contribution in [2.45, 2.75) is 26.4 Å². The first-order valence-corrected chi connectivity index (χ1v) is 8.11. The van der Waals surface area contributed by atoms with Crippen molar-refractivity contribution >= 4 is 10.8 Å². The molecule has 0 aliphatic heterocycles. The lowest BCUT2D eigenvalue weighted by molar-refractivity contribution is 0.314. The number of nitrogens with one attached hydrogen (secondary N) is 1. The largest absolute Gasteiger partial charge is 0.493 e. The van der Waals surface area contributed by atoms with Crippen molar-refractivity contribution in [3.8, 4) is 5.75 Å². The number of fused-ring (bicyclic) bond motifs is 1. The molecule has 3 nitrogen and oxygen atoms in total. The third-order valence-electron chi connectivity index (χ3n) is 3.81. The Bertz CT molecular complexity index is 756. The van der Waals surface area contributed by atoms with Gasteiger partial charge in [0.1, 0.15) is 5.75 Å². The topological polar surface area (TPSA) is 34.1 Å². The average Bonchev–Trinajstić information content (AvgIpc) is 2.61. The van der Waals surface area contributed by atoms with Gasteiger partial charge in [-0.1, -0.05) is 43.3 Å². The van der Waals surface area contributed by atoms with Crippen LogP contribution in [0.2, 0.25) is 0 Å². The van der Waals surface area contributed by atoms with E-state index in [4.69, 9.17) is 4.74 Å². The Balaban J connectivity index is 1.81. The van der Waals surface area contributed by atoms with Crippen LogP contribution in [0, 0.1) is 0 Å². The van der Waals surface area contributed by atoms with E-state index < -0.39 is 0 Å². The minimum absolute atomic E-state index is 0.744. The van der Waals surface area contributed by atoms with Crippen molar-refractivity contribution in [3.05, 3.63) is 72.1 Å². The molecule has 23 heavy (non-hydrogen) atoms. The summed E-state index contributed by atoms with van der Waals surface area (Å²) >= 11 is 0. The van der Waals surface area contributed by atoms with Crippen LogP contribution in [-0.2, 0) is 13.1 Å². The highest BCUT2D eigenvalue weighted by Gasteiger charge is 2.08. The molecule has 118 valence electrons. The quantitative estimate of drug-likeness (QED) is 0.706. The van der Waals surface area contributed by atoms with Crippen molar-refractivity contribution in [1.29, 1.82) is 0 Å². The third kappa shape index (κ3) is 3.88. The van der Waals surface area contributed by atoms with Crippen LogP contribution >= 0.6 is 0 Å². The lowest BCUT2D eigenvalue weighted by Crippen LogP contribution is -2.14. The molecule has 0 spiro atoms. The van der Waals surface area contributed by atoms with Gasteiger partial charge in [0.25, 0.3) is 0 Å². The first kappa shape index (κ1) is 15.5. The summed E-state index contributed by atoms with van der Waals surface area (Å²) in [6.45, 7) is 4.44. The molecule has 0 aliphatic carbocycles. The van der Waals surface area contributed by atoms with Gasteiger partial charge in [-0.05, 0) is 34.9 Å². The first-order chi connectivity index (χ1) is 11.4. The summed E-state index contributed by atoms with van der Waals surface area (Å²) in [6, 6.07) is 16.7.